The Kier molecular flexibility index (Phi) is 16.6. The smallest absolute Gasteiger partial charge is 0.420 e. The maximum absolute atomic E-state index is 11.3. The molecule has 1 aliphatic rings. The minimum Gasteiger partial charge on any atom is -1.00 e. The number of primary amides is 1. The normalized spacial score (nSPS) is 17.1. The Morgan fingerprint density at radius 1 is 0.857 bits per heavy atom. The largest absolute Gasteiger partial charge is 1.00 e. The van der Waals surface area contributed by atoms with E-state index in [4.69, 9.17) is 0 Å². The van der Waals surface area contributed by atoms with Crippen LogP contribution in [-0.4, -0.2) is 18.0 Å². The van der Waals surface area contributed by atoms with Crippen LogP contribution < -0.4 is 44.6 Å². The Labute approximate surface area is 149 Å². The summed E-state index contributed by atoms with van der Waals surface area (Å²) in [5.74, 6) is -0.110. The molecule has 0 saturated carbocycles. The number of nitrogens with two attached hydrogens (primary N) is 1. The van der Waals surface area contributed by atoms with Crippen molar-refractivity contribution in [3.63, 3.8) is 0 Å². The third-order valence-corrected chi connectivity index (χ3v) is 3.80. The van der Waals surface area contributed by atoms with Crippen molar-refractivity contribution in [1.29, 1.82) is 0 Å². The highest BCUT2D eigenvalue weighted by atomic mass is 79.9. The van der Waals surface area contributed by atoms with Crippen molar-refractivity contribution in [2.45, 2.75) is 83.6 Å². The molecule has 1 rings (SSSR count). The lowest BCUT2D eigenvalue weighted by Gasteiger charge is -2.04. The van der Waals surface area contributed by atoms with Crippen LogP contribution in [0.15, 0.2) is 0 Å². The topological polar surface area (TPSA) is 62.8 Å². The number of amides is 3. The molecular formula is C15H29Br2N2O2-. The molecule has 1 saturated heterocycles. The van der Waals surface area contributed by atoms with Gasteiger partial charge in [0.2, 0.25) is 0 Å². The lowest BCUT2D eigenvalue weighted by atomic mass is 10.0. The number of hydrogen-bond acceptors (Lipinski definition) is 2. The average Bonchev–Trinajstić information content (AvgIpc) is 2.70. The number of rotatable bonds is 11. The third-order valence-electron chi connectivity index (χ3n) is 3.80. The second-order valence-corrected chi connectivity index (χ2v) is 5.60. The standard InChI is InChI=1S/C15H28N2O2.2BrH/c1-2-3-4-5-6-7-8-9-10-11-12-13-14(18)17-15(19)16-13;;/h13H,2-12H2,1H3,(H2,16,17,18,19);2*1H/p-1. The van der Waals surface area contributed by atoms with E-state index in [-0.39, 0.29) is 51.9 Å². The lowest BCUT2D eigenvalue weighted by molar-refractivity contribution is -0.571. The van der Waals surface area contributed by atoms with Crippen LogP contribution in [0, 0.1) is 0 Å². The maximum atomic E-state index is 11.3. The van der Waals surface area contributed by atoms with Crippen molar-refractivity contribution in [3.05, 3.63) is 0 Å². The molecule has 1 aliphatic heterocycles. The van der Waals surface area contributed by atoms with Crippen LogP contribution in [0.2, 0.25) is 0 Å². The van der Waals surface area contributed by atoms with Gasteiger partial charge in [0.25, 0.3) is 5.91 Å². The molecule has 126 valence electrons. The van der Waals surface area contributed by atoms with Crippen LogP contribution in [0.25, 0.3) is 0 Å². The zero-order valence-electron chi connectivity index (χ0n) is 13.0. The second kappa shape index (κ2) is 15.0. The first-order chi connectivity index (χ1) is 9.24. The Hall–Kier alpha value is 0.0600. The predicted octanol–water partition coefficient (Wildman–Crippen LogP) is -3.51. The molecule has 0 spiro atoms. The molecule has 0 aromatic heterocycles. The van der Waals surface area contributed by atoms with Gasteiger partial charge < -0.3 is 34.0 Å². The summed E-state index contributed by atoms with van der Waals surface area (Å²) in [5.41, 5.74) is 0. The van der Waals surface area contributed by atoms with Gasteiger partial charge in [0, 0.05) is 6.42 Å². The number of carbonyl (C=O) groups excluding carboxylic acids is 2. The number of nitrogens with one attached hydrogen (secondary N) is 1. The highest BCUT2D eigenvalue weighted by molar-refractivity contribution is 5.97. The molecule has 0 aromatic rings. The van der Waals surface area contributed by atoms with Crippen LogP contribution in [0.3, 0.4) is 0 Å². The van der Waals surface area contributed by atoms with E-state index in [9.17, 15) is 9.59 Å². The predicted molar refractivity (Wildman–Crippen MR) is 75.7 cm³/mol. The summed E-state index contributed by atoms with van der Waals surface area (Å²) in [6.45, 7) is 2.25. The van der Waals surface area contributed by atoms with Crippen LogP contribution in [0.5, 0.6) is 0 Å². The number of unbranched alkanes of at least 4 members (excludes halogenated alkanes) is 9. The Morgan fingerprint density at radius 3 is 1.76 bits per heavy atom. The third kappa shape index (κ3) is 11.3. The van der Waals surface area contributed by atoms with Crippen molar-refractivity contribution in [2.24, 2.45) is 0 Å². The Morgan fingerprint density at radius 2 is 1.33 bits per heavy atom. The molecule has 3 amide bonds. The molecule has 1 atom stereocenters. The molecule has 0 bridgehead atoms. The fourth-order valence-electron chi connectivity index (χ4n) is 2.58. The minimum absolute atomic E-state index is 0. The van der Waals surface area contributed by atoms with E-state index in [2.05, 4.69) is 12.2 Å². The van der Waals surface area contributed by atoms with Gasteiger partial charge in [-0.3, -0.25) is 10.1 Å². The molecule has 0 aliphatic carbocycles. The highest BCUT2D eigenvalue weighted by Gasteiger charge is 2.33. The van der Waals surface area contributed by atoms with Gasteiger partial charge in [0.15, 0.2) is 6.04 Å². The number of imide groups is 1. The van der Waals surface area contributed by atoms with E-state index in [1.165, 1.54) is 63.1 Å². The van der Waals surface area contributed by atoms with Gasteiger partial charge in [-0.2, -0.15) is 0 Å². The number of hydrogen-bond donors (Lipinski definition) is 2. The van der Waals surface area contributed by atoms with Gasteiger partial charge >= 0.3 is 6.03 Å². The lowest BCUT2D eigenvalue weighted by Crippen LogP contribution is -3.00. The van der Waals surface area contributed by atoms with Crippen LogP contribution >= 0.6 is 0 Å². The average molecular weight is 429 g/mol. The van der Waals surface area contributed by atoms with Crippen molar-refractivity contribution < 1.29 is 48.9 Å². The summed E-state index contributed by atoms with van der Waals surface area (Å²) in [7, 11) is 0. The van der Waals surface area contributed by atoms with E-state index < -0.39 is 0 Å². The van der Waals surface area contributed by atoms with E-state index in [0.29, 0.717) is 0 Å². The highest BCUT2D eigenvalue weighted by Crippen LogP contribution is 2.11. The SMILES string of the molecule is CCCCCCCCCCCCC1[NH2+]C(=O)NC1=O.[Br-].[Br-]. The van der Waals surface area contributed by atoms with Crippen LogP contribution in [-0.2, 0) is 4.79 Å². The zero-order valence-corrected chi connectivity index (χ0v) is 16.2. The molecule has 21 heavy (non-hydrogen) atoms. The van der Waals surface area contributed by atoms with Crippen molar-refractivity contribution in [2.75, 3.05) is 0 Å². The van der Waals surface area contributed by atoms with Gasteiger partial charge in [0.1, 0.15) is 0 Å². The fraction of sp³-hybridized carbons (Fsp3) is 0.867. The van der Waals surface area contributed by atoms with Gasteiger partial charge in [-0.05, 0) is 6.42 Å². The van der Waals surface area contributed by atoms with E-state index in [0.717, 1.165) is 12.8 Å². The Balaban J connectivity index is 0. The molecule has 0 radical (unpaired) electrons. The maximum Gasteiger partial charge on any atom is 0.420 e. The minimum atomic E-state index is -0.220. The van der Waals surface area contributed by atoms with E-state index in [1.54, 1.807) is 0 Å². The molecule has 4 nitrogen and oxygen atoms in total. The molecule has 1 heterocycles. The van der Waals surface area contributed by atoms with Gasteiger partial charge in [-0.15, -0.1) is 0 Å². The zero-order chi connectivity index (χ0) is 13.9. The number of halogens is 2. The number of quaternary nitrogens is 1. The monoisotopic (exact) mass is 427 g/mol. The molecule has 0 aromatic carbocycles. The van der Waals surface area contributed by atoms with E-state index >= 15 is 0 Å². The molecular weight excluding hydrogens is 400 g/mol. The quantitative estimate of drug-likeness (QED) is 0.265. The first-order valence-corrected chi connectivity index (χ1v) is 7.93. The van der Waals surface area contributed by atoms with Crippen molar-refractivity contribution in [1.82, 2.24) is 5.32 Å². The summed E-state index contributed by atoms with van der Waals surface area (Å²) in [6.07, 6.45) is 13.8. The Bertz CT molecular complexity index is 289. The summed E-state index contributed by atoms with van der Waals surface area (Å²) in [6, 6.07) is -0.386. The molecule has 3 N–H and O–H groups in total. The van der Waals surface area contributed by atoms with Crippen molar-refractivity contribution in [3.8, 4) is 0 Å². The molecule has 1 fully saturated rings. The molecule has 1 unspecified atom stereocenters. The van der Waals surface area contributed by atoms with Crippen LogP contribution in [0.4, 0.5) is 4.79 Å². The van der Waals surface area contributed by atoms with Gasteiger partial charge in [-0.25, -0.2) is 10.1 Å². The van der Waals surface area contributed by atoms with Crippen LogP contribution in [0.1, 0.15) is 77.6 Å². The number of urea groups is 1. The van der Waals surface area contributed by atoms with Gasteiger partial charge in [-0.1, -0.05) is 64.7 Å². The fourth-order valence-corrected chi connectivity index (χ4v) is 2.58. The van der Waals surface area contributed by atoms with E-state index in [1.807, 2.05) is 0 Å². The van der Waals surface area contributed by atoms with Gasteiger partial charge in [0.05, 0.1) is 0 Å². The summed E-state index contributed by atoms with van der Waals surface area (Å²) in [5, 5.41) is 3.84. The molecule has 6 heteroatoms. The summed E-state index contributed by atoms with van der Waals surface area (Å²) < 4.78 is 0. The summed E-state index contributed by atoms with van der Waals surface area (Å²) >= 11 is 0. The first kappa shape index (κ1) is 23.3. The summed E-state index contributed by atoms with van der Waals surface area (Å²) in [4.78, 5) is 22.3. The second-order valence-electron chi connectivity index (χ2n) is 5.60. The van der Waals surface area contributed by atoms with Crippen molar-refractivity contribution >= 4 is 11.9 Å². The first-order valence-electron chi connectivity index (χ1n) is 7.93. The number of carbonyl (C=O) groups is 2.